The summed E-state index contributed by atoms with van der Waals surface area (Å²) in [5.41, 5.74) is 4.77. The van der Waals surface area contributed by atoms with Crippen LogP contribution in [0.25, 0.3) is 11.4 Å². The highest BCUT2D eigenvalue weighted by Gasteiger charge is 2.12. The third-order valence-corrected chi connectivity index (χ3v) is 4.54. The van der Waals surface area contributed by atoms with Gasteiger partial charge in [0.1, 0.15) is 5.82 Å². The van der Waals surface area contributed by atoms with Gasteiger partial charge in [0.25, 0.3) is 0 Å². The van der Waals surface area contributed by atoms with Gasteiger partial charge in [-0.05, 0) is 60.1 Å². The van der Waals surface area contributed by atoms with E-state index in [2.05, 4.69) is 71.9 Å². The lowest BCUT2D eigenvalue weighted by Gasteiger charge is -2.11. The van der Waals surface area contributed by atoms with Crippen molar-refractivity contribution in [2.24, 2.45) is 0 Å². The quantitative estimate of drug-likeness (QED) is 0.800. The van der Waals surface area contributed by atoms with Crippen LogP contribution in [-0.2, 0) is 6.42 Å². The molecule has 0 aliphatic rings. The van der Waals surface area contributed by atoms with Crippen molar-refractivity contribution in [2.75, 3.05) is 12.4 Å². The third kappa shape index (κ3) is 3.11. The van der Waals surface area contributed by atoms with Crippen LogP contribution >= 0.6 is 22.6 Å². The number of rotatable bonds is 4. The van der Waals surface area contributed by atoms with Gasteiger partial charge in [-0.15, -0.1) is 0 Å². The van der Waals surface area contributed by atoms with Crippen LogP contribution in [0, 0.1) is 17.4 Å². The van der Waals surface area contributed by atoms with Gasteiger partial charge in [-0.2, -0.15) is 0 Å². The summed E-state index contributed by atoms with van der Waals surface area (Å²) in [5.74, 6) is 1.72. The summed E-state index contributed by atoms with van der Waals surface area (Å²) in [6.45, 7) is 6.42. The molecule has 1 heterocycles. The Kier molecular flexibility index (Phi) is 4.96. The van der Waals surface area contributed by atoms with E-state index in [-0.39, 0.29) is 0 Å². The summed E-state index contributed by atoms with van der Waals surface area (Å²) < 4.78 is 1.12. The van der Waals surface area contributed by atoms with E-state index in [1.165, 1.54) is 11.1 Å². The van der Waals surface area contributed by atoms with Crippen LogP contribution in [0.15, 0.2) is 18.2 Å². The van der Waals surface area contributed by atoms with Gasteiger partial charge in [0, 0.05) is 12.6 Å². The van der Waals surface area contributed by atoms with Crippen LogP contribution in [0.1, 0.15) is 30.2 Å². The van der Waals surface area contributed by atoms with Gasteiger partial charge in [0.15, 0.2) is 5.82 Å². The van der Waals surface area contributed by atoms with Crippen molar-refractivity contribution in [3.05, 3.63) is 38.6 Å². The lowest BCUT2D eigenvalue weighted by molar-refractivity contribution is 0.868. The number of halogens is 1. The second-order valence-corrected chi connectivity index (χ2v) is 6.03. The predicted molar refractivity (Wildman–Crippen MR) is 93.2 cm³/mol. The number of hydrogen-bond acceptors (Lipinski definition) is 3. The van der Waals surface area contributed by atoms with E-state index in [4.69, 9.17) is 4.98 Å². The Bertz CT molecular complexity index is 623. The topological polar surface area (TPSA) is 37.8 Å². The van der Waals surface area contributed by atoms with E-state index in [1.807, 2.05) is 7.05 Å². The van der Waals surface area contributed by atoms with E-state index in [1.54, 1.807) is 0 Å². The molecule has 0 saturated heterocycles. The van der Waals surface area contributed by atoms with Crippen molar-refractivity contribution in [1.82, 2.24) is 9.97 Å². The highest BCUT2D eigenvalue weighted by atomic mass is 127. The van der Waals surface area contributed by atoms with Crippen LogP contribution in [0.3, 0.4) is 0 Å². The molecule has 0 aliphatic carbocycles. The molecule has 0 radical (unpaired) electrons. The summed E-state index contributed by atoms with van der Waals surface area (Å²) in [5, 5.41) is 3.17. The van der Waals surface area contributed by atoms with E-state index in [9.17, 15) is 0 Å². The molecule has 2 rings (SSSR count). The summed E-state index contributed by atoms with van der Waals surface area (Å²) in [4.78, 5) is 9.40. The molecule has 0 saturated carbocycles. The fourth-order valence-electron chi connectivity index (χ4n) is 2.07. The zero-order valence-electron chi connectivity index (χ0n) is 12.4. The van der Waals surface area contributed by atoms with Crippen molar-refractivity contribution in [3.8, 4) is 11.4 Å². The first-order valence-electron chi connectivity index (χ1n) is 6.88. The van der Waals surface area contributed by atoms with Crippen molar-refractivity contribution in [1.29, 1.82) is 0 Å². The van der Waals surface area contributed by atoms with Gasteiger partial charge in [0.05, 0.1) is 9.26 Å². The Morgan fingerprint density at radius 3 is 2.50 bits per heavy atom. The normalized spacial score (nSPS) is 10.7. The van der Waals surface area contributed by atoms with Gasteiger partial charge in [-0.25, -0.2) is 9.97 Å². The standard InChI is InChI=1S/C16H20IN3/c1-5-6-13-14(17)16(18-4)20-15(19-13)12-8-7-10(2)11(3)9-12/h7-9H,5-6H2,1-4H3,(H,18,19,20). The van der Waals surface area contributed by atoms with Crippen LogP contribution in [0.5, 0.6) is 0 Å². The fraction of sp³-hybridized carbons (Fsp3) is 0.375. The molecule has 1 aromatic heterocycles. The third-order valence-electron chi connectivity index (χ3n) is 3.41. The second-order valence-electron chi connectivity index (χ2n) is 4.96. The minimum atomic E-state index is 0.807. The number of aryl methyl sites for hydroxylation is 3. The summed E-state index contributed by atoms with van der Waals surface area (Å²) >= 11 is 2.32. The summed E-state index contributed by atoms with van der Waals surface area (Å²) in [6, 6.07) is 6.39. The zero-order valence-corrected chi connectivity index (χ0v) is 14.6. The monoisotopic (exact) mass is 381 g/mol. The predicted octanol–water partition coefficient (Wildman–Crippen LogP) is 4.36. The maximum absolute atomic E-state index is 4.75. The smallest absolute Gasteiger partial charge is 0.161 e. The van der Waals surface area contributed by atoms with Gasteiger partial charge in [-0.1, -0.05) is 25.5 Å². The number of nitrogens with one attached hydrogen (secondary N) is 1. The first-order chi connectivity index (χ1) is 9.56. The van der Waals surface area contributed by atoms with Crippen molar-refractivity contribution in [2.45, 2.75) is 33.6 Å². The summed E-state index contributed by atoms with van der Waals surface area (Å²) in [7, 11) is 1.91. The first kappa shape index (κ1) is 15.2. The number of aromatic nitrogens is 2. The van der Waals surface area contributed by atoms with Crippen molar-refractivity contribution in [3.63, 3.8) is 0 Å². The average molecular weight is 381 g/mol. The lowest BCUT2D eigenvalue weighted by Crippen LogP contribution is -2.05. The SMILES string of the molecule is CCCc1nc(-c2ccc(C)c(C)c2)nc(NC)c1I. The van der Waals surface area contributed by atoms with Gasteiger partial charge >= 0.3 is 0 Å². The fourth-order valence-corrected chi connectivity index (χ4v) is 2.85. The molecule has 1 N–H and O–H groups in total. The summed E-state index contributed by atoms with van der Waals surface area (Å²) in [6.07, 6.45) is 2.07. The van der Waals surface area contributed by atoms with Crippen molar-refractivity contribution < 1.29 is 0 Å². The largest absolute Gasteiger partial charge is 0.372 e. The van der Waals surface area contributed by atoms with E-state index in [0.717, 1.165) is 39.3 Å². The van der Waals surface area contributed by atoms with Crippen molar-refractivity contribution >= 4 is 28.4 Å². The maximum atomic E-state index is 4.75. The second kappa shape index (κ2) is 6.52. The molecule has 3 nitrogen and oxygen atoms in total. The Balaban J connectivity index is 2.55. The number of anilines is 1. The molecule has 0 bridgehead atoms. The first-order valence-corrected chi connectivity index (χ1v) is 7.96. The Morgan fingerprint density at radius 1 is 1.15 bits per heavy atom. The average Bonchev–Trinajstić information content (AvgIpc) is 2.44. The minimum absolute atomic E-state index is 0.807. The highest BCUT2D eigenvalue weighted by molar-refractivity contribution is 14.1. The number of benzene rings is 1. The lowest BCUT2D eigenvalue weighted by atomic mass is 10.1. The van der Waals surface area contributed by atoms with E-state index in [0.29, 0.717) is 0 Å². The molecule has 1 aromatic carbocycles. The molecule has 0 fully saturated rings. The zero-order chi connectivity index (χ0) is 14.7. The molecular weight excluding hydrogens is 361 g/mol. The Hall–Kier alpha value is -1.17. The minimum Gasteiger partial charge on any atom is -0.372 e. The molecule has 0 aliphatic heterocycles. The van der Waals surface area contributed by atoms with E-state index >= 15 is 0 Å². The van der Waals surface area contributed by atoms with Crippen LogP contribution < -0.4 is 5.32 Å². The Labute approximate surface area is 134 Å². The highest BCUT2D eigenvalue weighted by Crippen LogP contribution is 2.25. The molecule has 106 valence electrons. The van der Waals surface area contributed by atoms with Gasteiger partial charge < -0.3 is 5.32 Å². The van der Waals surface area contributed by atoms with Crippen LogP contribution in [-0.4, -0.2) is 17.0 Å². The molecule has 0 unspecified atom stereocenters. The van der Waals surface area contributed by atoms with Crippen LogP contribution in [0.4, 0.5) is 5.82 Å². The Morgan fingerprint density at radius 2 is 1.90 bits per heavy atom. The number of nitrogens with zero attached hydrogens (tertiary/aromatic N) is 2. The number of hydrogen-bond donors (Lipinski definition) is 1. The van der Waals surface area contributed by atoms with Gasteiger partial charge in [0.2, 0.25) is 0 Å². The molecule has 0 atom stereocenters. The van der Waals surface area contributed by atoms with Gasteiger partial charge in [-0.3, -0.25) is 0 Å². The van der Waals surface area contributed by atoms with Crippen LogP contribution in [0.2, 0.25) is 0 Å². The molecular formula is C16H20IN3. The molecule has 4 heteroatoms. The maximum Gasteiger partial charge on any atom is 0.161 e. The molecule has 2 aromatic rings. The molecule has 0 spiro atoms. The molecule has 0 amide bonds. The van der Waals surface area contributed by atoms with E-state index < -0.39 is 0 Å². The molecule has 20 heavy (non-hydrogen) atoms.